The highest BCUT2D eigenvalue weighted by atomic mass is 32.1. The molecule has 2 atom stereocenters. The van der Waals surface area contributed by atoms with Gasteiger partial charge in [-0.25, -0.2) is 4.98 Å². The van der Waals surface area contributed by atoms with Gasteiger partial charge >= 0.3 is 0 Å². The molecule has 2 aromatic rings. The van der Waals surface area contributed by atoms with E-state index in [0.29, 0.717) is 5.92 Å². The van der Waals surface area contributed by atoms with Crippen LogP contribution >= 0.6 is 11.3 Å². The Kier molecular flexibility index (Phi) is 3.73. The first-order valence-corrected chi connectivity index (χ1v) is 8.76. The lowest BCUT2D eigenvalue weighted by molar-refractivity contribution is 0.197. The lowest BCUT2D eigenvalue weighted by atomic mass is 9.99. The molecular weight excluding hydrogens is 284 g/mol. The maximum absolute atomic E-state index is 5.42. The van der Waals surface area contributed by atoms with Gasteiger partial charge in [-0.2, -0.15) is 4.98 Å². The largest absolute Gasteiger partial charge is 0.339 e. The molecule has 6 heteroatoms. The average Bonchev–Trinajstić information content (AvgIpc) is 3.24. The summed E-state index contributed by atoms with van der Waals surface area (Å²) in [6, 6.07) is 0.751. The Morgan fingerprint density at radius 1 is 1.33 bits per heavy atom. The van der Waals surface area contributed by atoms with Gasteiger partial charge in [0.1, 0.15) is 0 Å². The van der Waals surface area contributed by atoms with Gasteiger partial charge in [-0.1, -0.05) is 11.6 Å². The van der Waals surface area contributed by atoms with E-state index in [1.807, 2.05) is 5.51 Å². The number of aryl methyl sites for hydroxylation is 2. The van der Waals surface area contributed by atoms with Crippen LogP contribution in [0.1, 0.15) is 49.0 Å². The second-order valence-corrected chi connectivity index (χ2v) is 6.82. The molecular formula is C15H20N4OS. The standard InChI is InChI=1S/C15H20N4OS/c1-2-6-19-8-11(7-13(19)3-1)15-17-14(20-18-15)5-4-12-9-21-10-16-12/h9-11,13H,1-8H2/t11-,13-/m1/s1. The van der Waals surface area contributed by atoms with Crippen molar-refractivity contribution in [2.75, 3.05) is 13.1 Å². The first-order chi connectivity index (χ1) is 10.4. The first-order valence-electron chi connectivity index (χ1n) is 7.82. The van der Waals surface area contributed by atoms with Gasteiger partial charge < -0.3 is 4.52 Å². The topological polar surface area (TPSA) is 55.1 Å². The number of rotatable bonds is 4. The summed E-state index contributed by atoms with van der Waals surface area (Å²) in [6.45, 7) is 2.35. The van der Waals surface area contributed by atoms with E-state index in [1.54, 1.807) is 11.3 Å². The Morgan fingerprint density at radius 3 is 3.19 bits per heavy atom. The zero-order chi connectivity index (χ0) is 14.1. The summed E-state index contributed by atoms with van der Waals surface area (Å²) in [5, 5.41) is 6.30. The fourth-order valence-corrected chi connectivity index (χ4v) is 4.16. The Balaban J connectivity index is 1.38. The fourth-order valence-electron chi connectivity index (χ4n) is 3.57. The van der Waals surface area contributed by atoms with Crippen molar-refractivity contribution < 1.29 is 4.52 Å². The molecule has 0 aromatic carbocycles. The summed E-state index contributed by atoms with van der Waals surface area (Å²) in [6.07, 6.45) is 6.92. The number of aromatic nitrogens is 3. The van der Waals surface area contributed by atoms with Crippen molar-refractivity contribution in [1.82, 2.24) is 20.0 Å². The van der Waals surface area contributed by atoms with Crippen LogP contribution in [-0.2, 0) is 12.8 Å². The molecule has 0 bridgehead atoms. The van der Waals surface area contributed by atoms with Crippen LogP contribution < -0.4 is 0 Å². The summed E-state index contributed by atoms with van der Waals surface area (Å²) in [5.41, 5.74) is 2.97. The maximum Gasteiger partial charge on any atom is 0.227 e. The third-order valence-electron chi connectivity index (χ3n) is 4.69. The van der Waals surface area contributed by atoms with Crippen LogP contribution in [0.5, 0.6) is 0 Å². The minimum Gasteiger partial charge on any atom is -0.339 e. The first kappa shape index (κ1) is 13.4. The predicted octanol–water partition coefficient (Wildman–Crippen LogP) is 2.65. The molecule has 2 aliphatic heterocycles. The van der Waals surface area contributed by atoms with Gasteiger partial charge in [-0.3, -0.25) is 4.90 Å². The Bertz CT molecular complexity index is 568. The summed E-state index contributed by atoms with van der Waals surface area (Å²) >= 11 is 1.63. The molecule has 0 aliphatic carbocycles. The molecule has 21 heavy (non-hydrogen) atoms. The number of hydrogen-bond donors (Lipinski definition) is 0. The quantitative estimate of drug-likeness (QED) is 0.869. The SMILES string of the molecule is c1nc(CCc2nc([C@@H]3C[C@H]4CCCCN4C3)no2)cs1. The van der Waals surface area contributed by atoms with Gasteiger partial charge in [0.05, 0.1) is 11.2 Å². The van der Waals surface area contributed by atoms with Gasteiger partial charge in [0.2, 0.25) is 5.89 Å². The fraction of sp³-hybridized carbons (Fsp3) is 0.667. The second-order valence-electron chi connectivity index (χ2n) is 6.10. The molecule has 0 spiro atoms. The molecule has 4 rings (SSSR count). The van der Waals surface area contributed by atoms with Crippen LogP contribution in [0.25, 0.3) is 0 Å². The van der Waals surface area contributed by atoms with E-state index in [9.17, 15) is 0 Å². The monoisotopic (exact) mass is 304 g/mol. The Morgan fingerprint density at radius 2 is 2.33 bits per heavy atom. The highest BCUT2D eigenvalue weighted by Gasteiger charge is 2.36. The second kappa shape index (κ2) is 5.85. The molecule has 4 heterocycles. The maximum atomic E-state index is 5.42. The number of fused-ring (bicyclic) bond motifs is 1. The summed E-state index contributed by atoms with van der Waals surface area (Å²) in [7, 11) is 0. The van der Waals surface area contributed by atoms with Crippen molar-refractivity contribution in [3.8, 4) is 0 Å². The summed E-state index contributed by atoms with van der Waals surface area (Å²) in [5.74, 6) is 2.13. The number of thiazole rings is 1. The number of hydrogen-bond acceptors (Lipinski definition) is 6. The van der Waals surface area contributed by atoms with Crippen LogP contribution in [0.3, 0.4) is 0 Å². The van der Waals surface area contributed by atoms with E-state index in [-0.39, 0.29) is 0 Å². The van der Waals surface area contributed by atoms with Gasteiger partial charge in [-0.05, 0) is 32.2 Å². The van der Waals surface area contributed by atoms with Crippen molar-refractivity contribution in [2.45, 2.75) is 50.5 Å². The van der Waals surface area contributed by atoms with Crippen molar-refractivity contribution in [1.29, 1.82) is 0 Å². The van der Waals surface area contributed by atoms with Crippen LogP contribution in [-0.4, -0.2) is 39.2 Å². The summed E-state index contributed by atoms with van der Waals surface area (Å²) < 4.78 is 5.42. The van der Waals surface area contributed by atoms with Crippen LogP contribution in [0.4, 0.5) is 0 Å². The molecule has 0 unspecified atom stereocenters. The molecule has 2 saturated heterocycles. The van der Waals surface area contributed by atoms with Crippen LogP contribution in [0, 0.1) is 0 Å². The van der Waals surface area contributed by atoms with E-state index < -0.39 is 0 Å². The lowest BCUT2D eigenvalue weighted by Gasteiger charge is -2.28. The molecule has 2 fully saturated rings. The number of piperidine rings is 1. The molecule has 5 nitrogen and oxygen atoms in total. The van der Waals surface area contributed by atoms with Gasteiger partial charge in [-0.15, -0.1) is 11.3 Å². The smallest absolute Gasteiger partial charge is 0.227 e. The van der Waals surface area contributed by atoms with Gasteiger partial charge in [0, 0.05) is 30.3 Å². The molecule has 112 valence electrons. The normalized spacial score (nSPS) is 26.1. The minimum absolute atomic E-state index is 0.463. The van der Waals surface area contributed by atoms with Crippen LogP contribution in [0.2, 0.25) is 0 Å². The Hall–Kier alpha value is -1.27. The highest BCUT2D eigenvalue weighted by molar-refractivity contribution is 7.07. The molecule has 0 saturated carbocycles. The zero-order valence-electron chi connectivity index (χ0n) is 12.1. The predicted molar refractivity (Wildman–Crippen MR) is 80.4 cm³/mol. The van der Waals surface area contributed by atoms with Crippen LogP contribution in [0.15, 0.2) is 15.4 Å². The van der Waals surface area contributed by atoms with E-state index >= 15 is 0 Å². The molecule has 0 amide bonds. The van der Waals surface area contributed by atoms with Crippen molar-refractivity contribution in [3.63, 3.8) is 0 Å². The third-order valence-corrected chi connectivity index (χ3v) is 5.32. The number of nitrogens with zero attached hydrogens (tertiary/aromatic N) is 4. The molecule has 2 aliphatic rings. The highest BCUT2D eigenvalue weighted by Crippen LogP contribution is 2.35. The van der Waals surface area contributed by atoms with Crippen molar-refractivity contribution >= 4 is 11.3 Å². The van der Waals surface area contributed by atoms with Gasteiger partial charge in [0.15, 0.2) is 5.82 Å². The van der Waals surface area contributed by atoms with E-state index in [1.165, 1.54) is 32.2 Å². The third kappa shape index (κ3) is 2.87. The molecule has 0 N–H and O–H groups in total. The lowest BCUT2D eigenvalue weighted by Crippen LogP contribution is -2.33. The van der Waals surface area contributed by atoms with Crippen molar-refractivity contribution in [2.24, 2.45) is 0 Å². The zero-order valence-corrected chi connectivity index (χ0v) is 12.9. The Labute approximate surface area is 128 Å². The summed E-state index contributed by atoms with van der Waals surface area (Å²) in [4.78, 5) is 11.5. The minimum atomic E-state index is 0.463. The van der Waals surface area contributed by atoms with Gasteiger partial charge in [0.25, 0.3) is 0 Å². The molecule has 2 aromatic heterocycles. The van der Waals surface area contributed by atoms with E-state index in [2.05, 4.69) is 25.4 Å². The molecule has 0 radical (unpaired) electrons. The van der Waals surface area contributed by atoms with Crippen molar-refractivity contribution in [3.05, 3.63) is 28.3 Å². The van der Waals surface area contributed by atoms with E-state index in [4.69, 9.17) is 4.52 Å². The average molecular weight is 304 g/mol. The van der Waals surface area contributed by atoms with E-state index in [0.717, 1.165) is 42.8 Å².